The van der Waals surface area contributed by atoms with Gasteiger partial charge in [0.15, 0.2) is 0 Å². The first-order chi connectivity index (χ1) is 12.3. The smallest absolute Gasteiger partial charge is 0.416 e. The first-order valence-electron chi connectivity index (χ1n) is 8.52. The number of benzene rings is 2. The molecule has 0 bridgehead atoms. The van der Waals surface area contributed by atoms with Crippen molar-refractivity contribution in [3.05, 3.63) is 64.7 Å². The van der Waals surface area contributed by atoms with Crippen molar-refractivity contribution in [1.29, 1.82) is 0 Å². The highest BCUT2D eigenvalue weighted by molar-refractivity contribution is 5.89. The molecule has 1 unspecified atom stereocenters. The van der Waals surface area contributed by atoms with Gasteiger partial charge in [0.25, 0.3) is 0 Å². The van der Waals surface area contributed by atoms with Crippen LogP contribution >= 0.6 is 0 Å². The number of rotatable bonds is 3. The summed E-state index contributed by atoms with van der Waals surface area (Å²) in [7, 11) is 0. The molecule has 0 saturated carbocycles. The Labute approximate surface area is 150 Å². The van der Waals surface area contributed by atoms with Crippen LogP contribution in [-0.4, -0.2) is 24.2 Å². The van der Waals surface area contributed by atoms with Crippen LogP contribution in [0.25, 0.3) is 0 Å². The van der Waals surface area contributed by atoms with Gasteiger partial charge in [0.1, 0.15) is 0 Å². The molecule has 2 aromatic rings. The SMILES string of the molecule is Cc1cc(N2CCCC(c3ccc(C(F)(F)F)cc3)C2)ccc1C(=O)O. The number of carboxylic acid groups (broad SMARTS) is 1. The molecule has 3 nitrogen and oxygen atoms in total. The highest BCUT2D eigenvalue weighted by atomic mass is 19.4. The molecule has 0 aromatic heterocycles. The second-order valence-corrected chi connectivity index (χ2v) is 6.71. The van der Waals surface area contributed by atoms with Crippen molar-refractivity contribution < 1.29 is 23.1 Å². The predicted octanol–water partition coefficient (Wildman–Crippen LogP) is 5.10. The van der Waals surface area contributed by atoms with Crippen molar-refractivity contribution in [2.45, 2.75) is 31.9 Å². The monoisotopic (exact) mass is 363 g/mol. The Morgan fingerprint density at radius 2 is 1.85 bits per heavy atom. The topological polar surface area (TPSA) is 40.5 Å². The summed E-state index contributed by atoms with van der Waals surface area (Å²) in [4.78, 5) is 13.3. The van der Waals surface area contributed by atoms with Crippen molar-refractivity contribution in [2.75, 3.05) is 18.0 Å². The van der Waals surface area contributed by atoms with Gasteiger partial charge in [-0.3, -0.25) is 0 Å². The van der Waals surface area contributed by atoms with Crippen LogP contribution in [0.4, 0.5) is 18.9 Å². The molecule has 1 aliphatic rings. The summed E-state index contributed by atoms with van der Waals surface area (Å²) >= 11 is 0. The van der Waals surface area contributed by atoms with E-state index in [4.69, 9.17) is 5.11 Å². The molecule has 0 aliphatic carbocycles. The second kappa shape index (κ2) is 7.02. The minimum atomic E-state index is -4.32. The van der Waals surface area contributed by atoms with E-state index >= 15 is 0 Å². The quantitative estimate of drug-likeness (QED) is 0.825. The largest absolute Gasteiger partial charge is 0.478 e. The lowest BCUT2D eigenvalue weighted by atomic mass is 9.89. The summed E-state index contributed by atoms with van der Waals surface area (Å²) in [6.07, 6.45) is -2.46. The highest BCUT2D eigenvalue weighted by Crippen LogP contribution is 2.33. The lowest BCUT2D eigenvalue weighted by molar-refractivity contribution is -0.137. The van der Waals surface area contributed by atoms with Crippen LogP contribution in [0.2, 0.25) is 0 Å². The number of halogens is 3. The van der Waals surface area contributed by atoms with Crippen molar-refractivity contribution in [3.8, 4) is 0 Å². The number of alkyl halides is 3. The Hall–Kier alpha value is -2.50. The van der Waals surface area contributed by atoms with Gasteiger partial charge in [-0.05, 0) is 61.2 Å². The zero-order valence-electron chi connectivity index (χ0n) is 14.4. The van der Waals surface area contributed by atoms with E-state index in [0.717, 1.165) is 42.8 Å². The van der Waals surface area contributed by atoms with E-state index < -0.39 is 17.7 Å². The van der Waals surface area contributed by atoms with Crippen LogP contribution in [0.3, 0.4) is 0 Å². The van der Waals surface area contributed by atoms with Crippen LogP contribution in [0, 0.1) is 6.92 Å². The van der Waals surface area contributed by atoms with E-state index in [9.17, 15) is 18.0 Å². The van der Waals surface area contributed by atoms with Gasteiger partial charge >= 0.3 is 12.1 Å². The predicted molar refractivity (Wildman–Crippen MR) is 93.8 cm³/mol. The molecule has 1 N–H and O–H groups in total. The van der Waals surface area contributed by atoms with Gasteiger partial charge in [-0.15, -0.1) is 0 Å². The summed E-state index contributed by atoms with van der Waals surface area (Å²) in [5.41, 5.74) is 2.20. The number of piperidine rings is 1. The van der Waals surface area contributed by atoms with E-state index in [1.807, 2.05) is 6.07 Å². The first kappa shape index (κ1) is 18.3. The van der Waals surface area contributed by atoms with Crippen molar-refractivity contribution >= 4 is 11.7 Å². The van der Waals surface area contributed by atoms with Crippen LogP contribution < -0.4 is 4.90 Å². The molecule has 0 radical (unpaired) electrons. The fourth-order valence-electron chi connectivity index (χ4n) is 3.51. The minimum Gasteiger partial charge on any atom is -0.478 e. The van der Waals surface area contributed by atoms with Gasteiger partial charge in [0.05, 0.1) is 11.1 Å². The van der Waals surface area contributed by atoms with Crippen LogP contribution in [-0.2, 0) is 6.18 Å². The molecule has 1 aliphatic heterocycles. The number of anilines is 1. The summed E-state index contributed by atoms with van der Waals surface area (Å²) in [6, 6.07) is 10.7. The Bertz CT molecular complexity index is 800. The Morgan fingerprint density at radius 3 is 2.42 bits per heavy atom. The number of hydrogen-bond donors (Lipinski definition) is 1. The molecule has 138 valence electrons. The zero-order valence-corrected chi connectivity index (χ0v) is 14.4. The highest BCUT2D eigenvalue weighted by Gasteiger charge is 2.30. The molecule has 0 spiro atoms. The minimum absolute atomic E-state index is 0.158. The van der Waals surface area contributed by atoms with Gasteiger partial charge in [-0.25, -0.2) is 4.79 Å². The molecule has 3 rings (SSSR count). The van der Waals surface area contributed by atoms with E-state index in [-0.39, 0.29) is 11.5 Å². The standard InChI is InChI=1S/C20H20F3NO2/c1-13-11-17(8-9-18(13)19(25)26)24-10-2-3-15(12-24)14-4-6-16(7-5-14)20(21,22)23/h4-9,11,15H,2-3,10,12H2,1H3,(H,25,26). The Balaban J connectivity index is 1.77. The molecular formula is C20H20F3NO2. The van der Waals surface area contributed by atoms with Crippen molar-refractivity contribution in [3.63, 3.8) is 0 Å². The Morgan fingerprint density at radius 1 is 1.15 bits per heavy atom. The summed E-state index contributed by atoms with van der Waals surface area (Å²) in [5.74, 6) is -0.791. The molecule has 0 amide bonds. The molecule has 1 saturated heterocycles. The van der Waals surface area contributed by atoms with Crippen LogP contribution in [0.15, 0.2) is 42.5 Å². The van der Waals surface area contributed by atoms with Gasteiger partial charge in [0.2, 0.25) is 0 Å². The zero-order chi connectivity index (χ0) is 18.9. The third-order valence-electron chi connectivity index (χ3n) is 4.94. The molecule has 26 heavy (non-hydrogen) atoms. The third-order valence-corrected chi connectivity index (χ3v) is 4.94. The third kappa shape index (κ3) is 3.84. The average molecular weight is 363 g/mol. The number of aryl methyl sites for hydroxylation is 1. The average Bonchev–Trinajstić information content (AvgIpc) is 2.61. The maximum Gasteiger partial charge on any atom is 0.416 e. The number of hydrogen-bond acceptors (Lipinski definition) is 2. The molecule has 1 fully saturated rings. The second-order valence-electron chi connectivity index (χ2n) is 6.71. The number of aromatic carboxylic acids is 1. The van der Waals surface area contributed by atoms with Crippen LogP contribution in [0.1, 0.15) is 45.8 Å². The Kier molecular flexibility index (Phi) is 4.94. The molecule has 2 aromatic carbocycles. The molecular weight excluding hydrogens is 343 g/mol. The van der Waals surface area contributed by atoms with E-state index in [2.05, 4.69) is 4.90 Å². The number of carboxylic acids is 1. The summed E-state index contributed by atoms with van der Waals surface area (Å²) < 4.78 is 38.2. The summed E-state index contributed by atoms with van der Waals surface area (Å²) in [6.45, 7) is 3.32. The number of carbonyl (C=O) groups is 1. The first-order valence-corrected chi connectivity index (χ1v) is 8.52. The van der Waals surface area contributed by atoms with Gasteiger partial charge in [0, 0.05) is 24.7 Å². The fraction of sp³-hybridized carbons (Fsp3) is 0.350. The maximum absolute atomic E-state index is 12.7. The van der Waals surface area contributed by atoms with E-state index in [1.54, 1.807) is 31.2 Å². The van der Waals surface area contributed by atoms with Crippen LogP contribution in [0.5, 0.6) is 0 Å². The van der Waals surface area contributed by atoms with Gasteiger partial charge < -0.3 is 10.0 Å². The van der Waals surface area contributed by atoms with E-state index in [0.29, 0.717) is 12.1 Å². The van der Waals surface area contributed by atoms with Crippen molar-refractivity contribution in [2.24, 2.45) is 0 Å². The normalized spacial score (nSPS) is 18.0. The molecule has 6 heteroatoms. The summed E-state index contributed by atoms with van der Waals surface area (Å²) in [5, 5.41) is 9.14. The van der Waals surface area contributed by atoms with Gasteiger partial charge in [-0.1, -0.05) is 12.1 Å². The van der Waals surface area contributed by atoms with Crippen molar-refractivity contribution in [1.82, 2.24) is 0 Å². The van der Waals surface area contributed by atoms with Gasteiger partial charge in [-0.2, -0.15) is 13.2 Å². The maximum atomic E-state index is 12.7. The fourth-order valence-corrected chi connectivity index (χ4v) is 3.51. The molecule has 1 atom stereocenters. The molecule has 1 heterocycles. The number of nitrogens with zero attached hydrogens (tertiary/aromatic N) is 1. The van der Waals surface area contributed by atoms with E-state index in [1.165, 1.54) is 0 Å². The lowest BCUT2D eigenvalue weighted by Gasteiger charge is -2.35. The lowest BCUT2D eigenvalue weighted by Crippen LogP contribution is -2.34.